The first kappa shape index (κ1) is 18.3. The molecule has 1 aromatic rings. The molecule has 1 atom stereocenters. The summed E-state index contributed by atoms with van der Waals surface area (Å²) >= 11 is 1.89. The topological polar surface area (TPSA) is 79.3 Å². The van der Waals surface area contributed by atoms with Gasteiger partial charge in [-0.3, -0.25) is 9.78 Å². The number of carboxylic acids is 1. The standard InChI is InChI=1S/C11H14N2OS.C2HF3O2/c1-8-2-3-9(6-12-8)11(14)13-10-4-5-15-7-10;3-2(4,5)1(6)7/h2-3,6,10H,4-5,7H2,1H3,(H,13,14);(H,6,7). The highest BCUT2D eigenvalue weighted by molar-refractivity contribution is 7.99. The van der Waals surface area contributed by atoms with Crippen molar-refractivity contribution in [2.75, 3.05) is 11.5 Å². The van der Waals surface area contributed by atoms with Crippen molar-refractivity contribution in [3.63, 3.8) is 0 Å². The van der Waals surface area contributed by atoms with E-state index in [0.717, 1.165) is 23.6 Å². The molecular formula is C13H15F3N2O3S. The van der Waals surface area contributed by atoms with Crippen molar-refractivity contribution in [3.8, 4) is 0 Å². The van der Waals surface area contributed by atoms with E-state index >= 15 is 0 Å². The second-order valence-corrected chi connectivity index (χ2v) is 5.67. The number of halogens is 3. The Balaban J connectivity index is 0.000000295. The molecule has 2 N–H and O–H groups in total. The summed E-state index contributed by atoms with van der Waals surface area (Å²) in [7, 11) is 0. The van der Waals surface area contributed by atoms with Crippen LogP contribution in [0.15, 0.2) is 18.3 Å². The van der Waals surface area contributed by atoms with Gasteiger partial charge in [0.15, 0.2) is 0 Å². The van der Waals surface area contributed by atoms with Crippen molar-refractivity contribution >= 4 is 23.6 Å². The van der Waals surface area contributed by atoms with Gasteiger partial charge in [-0.05, 0) is 31.2 Å². The molecule has 0 spiro atoms. The molecule has 1 aliphatic heterocycles. The van der Waals surface area contributed by atoms with Crippen LogP contribution in [-0.4, -0.2) is 45.7 Å². The van der Waals surface area contributed by atoms with Crippen LogP contribution < -0.4 is 5.32 Å². The Kier molecular flexibility index (Phi) is 6.66. The molecule has 5 nitrogen and oxygen atoms in total. The van der Waals surface area contributed by atoms with E-state index in [2.05, 4.69) is 10.3 Å². The number of thioether (sulfide) groups is 1. The van der Waals surface area contributed by atoms with Crippen LogP contribution in [0.4, 0.5) is 13.2 Å². The predicted octanol–water partition coefficient (Wildman–Crippen LogP) is 2.26. The number of aryl methyl sites for hydroxylation is 1. The number of alkyl halides is 3. The predicted molar refractivity (Wildman–Crippen MR) is 75.9 cm³/mol. The number of rotatable bonds is 2. The number of pyridine rings is 1. The highest BCUT2D eigenvalue weighted by atomic mass is 32.2. The Morgan fingerprint density at radius 2 is 2.05 bits per heavy atom. The largest absolute Gasteiger partial charge is 0.490 e. The molecule has 1 fully saturated rings. The Morgan fingerprint density at radius 1 is 1.41 bits per heavy atom. The van der Waals surface area contributed by atoms with Crippen molar-refractivity contribution in [1.29, 1.82) is 0 Å². The summed E-state index contributed by atoms with van der Waals surface area (Å²) in [5, 5.41) is 10.1. The summed E-state index contributed by atoms with van der Waals surface area (Å²) in [6.45, 7) is 1.91. The van der Waals surface area contributed by atoms with Gasteiger partial charge >= 0.3 is 12.1 Å². The number of carbonyl (C=O) groups excluding carboxylic acids is 1. The van der Waals surface area contributed by atoms with E-state index in [0.29, 0.717) is 11.6 Å². The Labute approximate surface area is 129 Å². The minimum Gasteiger partial charge on any atom is -0.475 e. The van der Waals surface area contributed by atoms with Gasteiger partial charge in [0.05, 0.1) is 5.56 Å². The van der Waals surface area contributed by atoms with E-state index in [9.17, 15) is 18.0 Å². The van der Waals surface area contributed by atoms with Crippen LogP contribution in [0.1, 0.15) is 22.5 Å². The van der Waals surface area contributed by atoms with Crippen LogP contribution in [0.5, 0.6) is 0 Å². The zero-order valence-electron chi connectivity index (χ0n) is 11.7. The molecule has 1 aromatic heterocycles. The van der Waals surface area contributed by atoms with Gasteiger partial charge in [-0.2, -0.15) is 24.9 Å². The molecule has 0 aromatic carbocycles. The zero-order chi connectivity index (χ0) is 16.8. The van der Waals surface area contributed by atoms with Crippen molar-refractivity contribution in [3.05, 3.63) is 29.6 Å². The maximum atomic E-state index is 11.8. The highest BCUT2D eigenvalue weighted by Gasteiger charge is 2.38. The fourth-order valence-electron chi connectivity index (χ4n) is 1.52. The van der Waals surface area contributed by atoms with E-state index in [1.54, 1.807) is 6.20 Å². The number of carbonyl (C=O) groups is 2. The molecule has 0 radical (unpaired) electrons. The number of hydrogen-bond donors (Lipinski definition) is 2. The van der Waals surface area contributed by atoms with Crippen LogP contribution >= 0.6 is 11.8 Å². The fraction of sp³-hybridized carbons (Fsp3) is 0.462. The van der Waals surface area contributed by atoms with Gasteiger partial charge in [0, 0.05) is 23.7 Å². The maximum absolute atomic E-state index is 11.8. The van der Waals surface area contributed by atoms with Gasteiger partial charge in [-0.15, -0.1) is 0 Å². The summed E-state index contributed by atoms with van der Waals surface area (Å²) < 4.78 is 31.7. The molecule has 2 rings (SSSR count). The molecule has 1 amide bonds. The van der Waals surface area contributed by atoms with Crippen LogP contribution in [0.25, 0.3) is 0 Å². The smallest absolute Gasteiger partial charge is 0.475 e. The number of aromatic nitrogens is 1. The SMILES string of the molecule is Cc1ccc(C(=O)NC2CCSC2)cn1.O=C(O)C(F)(F)F. The first-order chi connectivity index (χ1) is 10.2. The molecule has 1 unspecified atom stereocenters. The molecule has 0 aliphatic carbocycles. The zero-order valence-corrected chi connectivity index (χ0v) is 12.5. The summed E-state index contributed by atoms with van der Waals surface area (Å²) in [5.74, 6) is -0.579. The van der Waals surface area contributed by atoms with Crippen molar-refractivity contribution in [1.82, 2.24) is 10.3 Å². The molecule has 1 saturated heterocycles. The normalized spacial score (nSPS) is 17.4. The molecule has 9 heteroatoms. The number of amides is 1. The van der Waals surface area contributed by atoms with E-state index in [4.69, 9.17) is 9.90 Å². The number of aliphatic carboxylic acids is 1. The van der Waals surface area contributed by atoms with E-state index in [1.165, 1.54) is 0 Å². The molecule has 0 bridgehead atoms. The second-order valence-electron chi connectivity index (χ2n) is 4.53. The Bertz CT molecular complexity index is 514. The van der Waals surface area contributed by atoms with Crippen molar-refractivity contribution in [2.45, 2.75) is 25.6 Å². The lowest BCUT2D eigenvalue weighted by Gasteiger charge is -2.10. The summed E-state index contributed by atoms with van der Waals surface area (Å²) in [6.07, 6.45) is -2.37. The Morgan fingerprint density at radius 3 is 2.45 bits per heavy atom. The fourth-order valence-corrected chi connectivity index (χ4v) is 2.67. The van der Waals surface area contributed by atoms with Gasteiger partial charge in [0.1, 0.15) is 0 Å². The second kappa shape index (κ2) is 8.02. The quantitative estimate of drug-likeness (QED) is 0.866. The monoisotopic (exact) mass is 336 g/mol. The average Bonchev–Trinajstić information content (AvgIpc) is 2.92. The minimum absolute atomic E-state index is 0.00463. The molecule has 1 aliphatic rings. The third-order valence-corrected chi connectivity index (χ3v) is 3.84. The van der Waals surface area contributed by atoms with Crippen molar-refractivity contribution in [2.24, 2.45) is 0 Å². The maximum Gasteiger partial charge on any atom is 0.490 e. The molecular weight excluding hydrogens is 321 g/mol. The first-order valence-corrected chi connectivity index (χ1v) is 7.47. The highest BCUT2D eigenvalue weighted by Crippen LogP contribution is 2.17. The number of nitrogens with zero attached hydrogens (tertiary/aromatic N) is 1. The van der Waals surface area contributed by atoms with Crippen LogP contribution in [-0.2, 0) is 4.79 Å². The Hall–Kier alpha value is -1.77. The number of hydrogen-bond acceptors (Lipinski definition) is 4. The number of nitrogens with one attached hydrogen (secondary N) is 1. The lowest BCUT2D eigenvalue weighted by molar-refractivity contribution is -0.192. The lowest BCUT2D eigenvalue weighted by Crippen LogP contribution is -2.34. The van der Waals surface area contributed by atoms with Crippen LogP contribution in [0.2, 0.25) is 0 Å². The molecule has 0 saturated carbocycles. The van der Waals surface area contributed by atoms with Gasteiger partial charge in [-0.1, -0.05) is 0 Å². The van der Waals surface area contributed by atoms with Crippen molar-refractivity contribution < 1.29 is 27.9 Å². The van der Waals surface area contributed by atoms with Crippen LogP contribution in [0.3, 0.4) is 0 Å². The van der Waals surface area contributed by atoms with E-state index in [1.807, 2.05) is 30.8 Å². The van der Waals surface area contributed by atoms with E-state index < -0.39 is 12.1 Å². The molecule has 122 valence electrons. The average molecular weight is 336 g/mol. The molecule has 2 heterocycles. The summed E-state index contributed by atoms with van der Waals surface area (Å²) in [6, 6.07) is 4.02. The third kappa shape index (κ3) is 6.33. The first-order valence-electron chi connectivity index (χ1n) is 6.31. The lowest BCUT2D eigenvalue weighted by atomic mass is 10.2. The van der Waals surface area contributed by atoms with E-state index in [-0.39, 0.29) is 5.91 Å². The van der Waals surface area contributed by atoms with Gasteiger partial charge in [0.25, 0.3) is 5.91 Å². The van der Waals surface area contributed by atoms with Crippen LogP contribution in [0, 0.1) is 6.92 Å². The third-order valence-electron chi connectivity index (χ3n) is 2.68. The minimum atomic E-state index is -5.08. The summed E-state index contributed by atoms with van der Waals surface area (Å²) in [4.78, 5) is 24.8. The molecule has 22 heavy (non-hydrogen) atoms. The van der Waals surface area contributed by atoms with Gasteiger partial charge in [0.2, 0.25) is 0 Å². The summed E-state index contributed by atoms with van der Waals surface area (Å²) in [5.41, 5.74) is 1.58. The van der Waals surface area contributed by atoms with Gasteiger partial charge < -0.3 is 10.4 Å². The van der Waals surface area contributed by atoms with Gasteiger partial charge in [-0.25, -0.2) is 4.79 Å². The number of carboxylic acid groups (broad SMARTS) is 1.